The molecule has 6 nitrogen and oxygen atoms in total. The highest BCUT2D eigenvalue weighted by Gasteiger charge is 2.17. The van der Waals surface area contributed by atoms with Gasteiger partial charge in [-0.2, -0.15) is 0 Å². The molecule has 0 fully saturated rings. The number of likely N-dealkylation sites (N-methyl/N-ethyl adjacent to an activating group) is 1. The van der Waals surface area contributed by atoms with Gasteiger partial charge in [0.1, 0.15) is 18.2 Å². The quantitative estimate of drug-likeness (QED) is 0.669. The van der Waals surface area contributed by atoms with Gasteiger partial charge in [0.05, 0.1) is 18.7 Å². The number of nitrogens with zero attached hydrogens (tertiary/aromatic N) is 1. The molecule has 1 unspecified atom stereocenters. The molecule has 28 heavy (non-hydrogen) atoms. The molecule has 0 heterocycles. The van der Waals surface area contributed by atoms with E-state index < -0.39 is 5.97 Å². The number of rotatable bonds is 9. The predicted molar refractivity (Wildman–Crippen MR) is 104 cm³/mol. The third kappa shape index (κ3) is 6.35. The lowest BCUT2D eigenvalue weighted by molar-refractivity contribution is -0.125. The minimum Gasteiger partial charge on any atom is -0.492 e. The molecule has 0 aliphatic rings. The summed E-state index contributed by atoms with van der Waals surface area (Å²) in [4.78, 5) is 25.6. The fraction of sp³-hybridized carbons (Fsp3) is 0.333. The van der Waals surface area contributed by atoms with Crippen LogP contribution in [-0.4, -0.2) is 50.1 Å². The van der Waals surface area contributed by atoms with Crippen molar-refractivity contribution >= 4 is 11.9 Å². The maximum Gasteiger partial charge on any atom is 0.337 e. The topological polar surface area (TPSA) is 67.9 Å². The van der Waals surface area contributed by atoms with Crippen molar-refractivity contribution in [3.8, 4) is 5.75 Å². The number of esters is 1. The number of carbonyl (C=O) groups excluding carboxylic acids is 2. The number of hydrogen-bond acceptors (Lipinski definition) is 5. The molecule has 7 heteroatoms. The van der Waals surface area contributed by atoms with Gasteiger partial charge in [-0.25, -0.2) is 9.18 Å². The Bertz CT molecular complexity index is 778. The summed E-state index contributed by atoms with van der Waals surface area (Å²) in [6, 6.07) is 12.3. The highest BCUT2D eigenvalue weighted by Crippen LogP contribution is 2.11. The molecule has 0 saturated heterocycles. The lowest BCUT2D eigenvalue weighted by Gasteiger charge is -2.23. The molecule has 0 aromatic heterocycles. The maximum atomic E-state index is 12.9. The monoisotopic (exact) mass is 388 g/mol. The van der Waals surface area contributed by atoms with E-state index in [-0.39, 0.29) is 17.8 Å². The normalized spacial score (nSPS) is 11.8. The van der Waals surface area contributed by atoms with E-state index in [1.165, 1.54) is 19.2 Å². The molecule has 150 valence electrons. The van der Waals surface area contributed by atoms with E-state index in [9.17, 15) is 14.0 Å². The van der Waals surface area contributed by atoms with Crippen LogP contribution in [0.4, 0.5) is 4.39 Å². The Morgan fingerprint density at radius 3 is 2.36 bits per heavy atom. The van der Waals surface area contributed by atoms with Gasteiger partial charge in [0.15, 0.2) is 0 Å². The second-order valence-corrected chi connectivity index (χ2v) is 6.37. The van der Waals surface area contributed by atoms with Gasteiger partial charge in [0.25, 0.3) is 0 Å². The van der Waals surface area contributed by atoms with Gasteiger partial charge in [0, 0.05) is 13.1 Å². The molecule has 0 saturated carbocycles. The molecule has 0 spiro atoms. The number of halogens is 1. The van der Waals surface area contributed by atoms with E-state index in [1.54, 1.807) is 36.4 Å². The van der Waals surface area contributed by atoms with E-state index in [1.807, 2.05) is 18.9 Å². The molecule has 1 atom stereocenters. The van der Waals surface area contributed by atoms with Crippen molar-refractivity contribution in [2.75, 3.05) is 27.3 Å². The van der Waals surface area contributed by atoms with E-state index in [0.29, 0.717) is 31.0 Å². The number of nitrogens with one attached hydrogen (secondary N) is 1. The van der Waals surface area contributed by atoms with Gasteiger partial charge in [-0.15, -0.1) is 0 Å². The summed E-state index contributed by atoms with van der Waals surface area (Å²) in [5, 5.41) is 2.88. The van der Waals surface area contributed by atoms with Crippen molar-refractivity contribution in [3.05, 3.63) is 65.5 Å². The minimum absolute atomic E-state index is 0.110. The van der Waals surface area contributed by atoms with Crippen molar-refractivity contribution in [3.63, 3.8) is 0 Å². The van der Waals surface area contributed by atoms with Crippen LogP contribution >= 0.6 is 0 Å². The zero-order valence-electron chi connectivity index (χ0n) is 16.3. The number of ether oxygens (including phenoxy) is 2. The summed E-state index contributed by atoms with van der Waals surface area (Å²) in [5.74, 6) is -0.230. The number of benzene rings is 2. The number of methoxy groups -OCH3 is 1. The second kappa shape index (κ2) is 10.4. The molecule has 0 bridgehead atoms. The van der Waals surface area contributed by atoms with E-state index in [4.69, 9.17) is 4.74 Å². The van der Waals surface area contributed by atoms with Gasteiger partial charge in [-0.3, -0.25) is 9.69 Å². The number of amides is 1. The lowest BCUT2D eigenvalue weighted by Crippen LogP contribution is -2.44. The number of hydrogen-bond donors (Lipinski definition) is 1. The van der Waals surface area contributed by atoms with Crippen molar-refractivity contribution < 1.29 is 23.5 Å². The smallest absolute Gasteiger partial charge is 0.337 e. The zero-order valence-corrected chi connectivity index (χ0v) is 16.3. The highest BCUT2D eigenvalue weighted by atomic mass is 19.1. The molecule has 0 radical (unpaired) electrons. The standard InChI is InChI=1S/C21H25FN2O4/c1-15(24(2)12-13-28-19-10-8-18(22)9-11-19)20(25)23-14-16-4-6-17(7-5-16)21(26)27-3/h4-11,15H,12-14H2,1-3H3,(H,23,25). The van der Waals surface area contributed by atoms with Gasteiger partial charge >= 0.3 is 5.97 Å². The van der Waals surface area contributed by atoms with Crippen LogP contribution < -0.4 is 10.1 Å². The summed E-state index contributed by atoms with van der Waals surface area (Å²) in [6.45, 7) is 3.10. The van der Waals surface area contributed by atoms with Gasteiger partial charge < -0.3 is 14.8 Å². The fourth-order valence-electron chi connectivity index (χ4n) is 2.45. The third-order valence-corrected chi connectivity index (χ3v) is 4.41. The molecule has 1 N–H and O–H groups in total. The van der Waals surface area contributed by atoms with Crippen LogP contribution in [0.25, 0.3) is 0 Å². The summed E-state index contributed by atoms with van der Waals surface area (Å²) in [7, 11) is 3.17. The Balaban J connectivity index is 1.74. The SMILES string of the molecule is COC(=O)c1ccc(CNC(=O)C(C)N(C)CCOc2ccc(F)cc2)cc1. The predicted octanol–water partition coefficient (Wildman–Crippen LogP) is 2.63. The average molecular weight is 388 g/mol. The van der Waals surface area contributed by atoms with Gasteiger partial charge in [0.2, 0.25) is 5.91 Å². The molecular formula is C21H25FN2O4. The van der Waals surface area contributed by atoms with Crippen molar-refractivity contribution in [1.29, 1.82) is 0 Å². The first-order valence-corrected chi connectivity index (χ1v) is 8.94. The molecule has 0 aliphatic heterocycles. The van der Waals surface area contributed by atoms with E-state index >= 15 is 0 Å². The summed E-state index contributed by atoms with van der Waals surface area (Å²) in [5.41, 5.74) is 1.35. The van der Waals surface area contributed by atoms with Crippen LogP contribution in [0.1, 0.15) is 22.8 Å². The maximum absolute atomic E-state index is 12.9. The first kappa shape index (κ1) is 21.4. The summed E-state index contributed by atoms with van der Waals surface area (Å²) >= 11 is 0. The van der Waals surface area contributed by atoms with E-state index in [0.717, 1.165) is 5.56 Å². The first-order valence-electron chi connectivity index (χ1n) is 8.94. The minimum atomic E-state index is -0.395. The van der Waals surface area contributed by atoms with Crippen LogP contribution in [-0.2, 0) is 16.1 Å². The molecule has 2 aromatic carbocycles. The van der Waals surface area contributed by atoms with Gasteiger partial charge in [-0.05, 0) is 55.9 Å². The highest BCUT2D eigenvalue weighted by molar-refractivity contribution is 5.89. The Morgan fingerprint density at radius 1 is 1.11 bits per heavy atom. The summed E-state index contributed by atoms with van der Waals surface area (Å²) < 4.78 is 23.1. The largest absolute Gasteiger partial charge is 0.492 e. The molecule has 2 rings (SSSR count). The van der Waals surface area contributed by atoms with Crippen LogP contribution in [0.15, 0.2) is 48.5 Å². The molecule has 1 amide bonds. The Labute approximate surface area is 164 Å². The van der Waals surface area contributed by atoms with Crippen LogP contribution in [0, 0.1) is 5.82 Å². The molecule has 2 aromatic rings. The second-order valence-electron chi connectivity index (χ2n) is 6.37. The lowest BCUT2D eigenvalue weighted by atomic mass is 10.1. The van der Waals surface area contributed by atoms with Crippen molar-refractivity contribution in [2.45, 2.75) is 19.5 Å². The zero-order chi connectivity index (χ0) is 20.5. The van der Waals surface area contributed by atoms with E-state index in [2.05, 4.69) is 10.1 Å². The Hall–Kier alpha value is -2.93. The average Bonchev–Trinajstić information content (AvgIpc) is 2.72. The molecular weight excluding hydrogens is 363 g/mol. The van der Waals surface area contributed by atoms with Gasteiger partial charge in [-0.1, -0.05) is 12.1 Å². The number of carbonyl (C=O) groups is 2. The van der Waals surface area contributed by atoms with Crippen LogP contribution in [0.5, 0.6) is 5.75 Å². The van der Waals surface area contributed by atoms with Crippen molar-refractivity contribution in [2.24, 2.45) is 0 Å². The fourth-order valence-corrected chi connectivity index (χ4v) is 2.45. The molecule has 0 aliphatic carbocycles. The van der Waals surface area contributed by atoms with Crippen molar-refractivity contribution in [1.82, 2.24) is 10.2 Å². The van der Waals surface area contributed by atoms with Crippen LogP contribution in [0.2, 0.25) is 0 Å². The Morgan fingerprint density at radius 2 is 1.75 bits per heavy atom. The first-order chi connectivity index (χ1) is 13.4. The Kier molecular flexibility index (Phi) is 7.95. The third-order valence-electron chi connectivity index (χ3n) is 4.41. The summed E-state index contributed by atoms with van der Waals surface area (Å²) in [6.07, 6.45) is 0. The van der Waals surface area contributed by atoms with Crippen LogP contribution in [0.3, 0.4) is 0 Å².